The highest BCUT2D eigenvalue weighted by Gasteiger charge is 2.09. The number of esters is 1. The predicted octanol–water partition coefficient (Wildman–Crippen LogP) is 3.20. The summed E-state index contributed by atoms with van der Waals surface area (Å²) >= 11 is 0. The van der Waals surface area contributed by atoms with E-state index in [1.165, 1.54) is 11.6 Å². The number of ether oxygens (including phenoxy) is 1. The molecule has 2 aromatic rings. The van der Waals surface area contributed by atoms with Gasteiger partial charge in [0.05, 0.1) is 0 Å². The van der Waals surface area contributed by atoms with Gasteiger partial charge >= 0.3 is 5.97 Å². The van der Waals surface area contributed by atoms with E-state index in [0.717, 1.165) is 36.3 Å². The largest absolute Gasteiger partial charge is 0.458 e. The normalized spacial score (nSPS) is 13.5. The van der Waals surface area contributed by atoms with Crippen LogP contribution in [0.25, 0.3) is 6.08 Å². The first-order valence-corrected chi connectivity index (χ1v) is 7.43. The fourth-order valence-electron chi connectivity index (χ4n) is 2.40. The summed E-state index contributed by atoms with van der Waals surface area (Å²) < 4.78 is 5.20. The molecule has 4 nitrogen and oxygen atoms in total. The van der Waals surface area contributed by atoms with Gasteiger partial charge in [-0.3, -0.25) is 0 Å². The number of hydrogen-bond donors (Lipinski definition) is 1. The van der Waals surface area contributed by atoms with Crippen molar-refractivity contribution in [1.29, 1.82) is 0 Å². The van der Waals surface area contributed by atoms with Gasteiger partial charge in [0.2, 0.25) is 0 Å². The van der Waals surface area contributed by atoms with Crippen molar-refractivity contribution in [2.75, 3.05) is 11.9 Å². The molecule has 0 atom stereocenters. The van der Waals surface area contributed by atoms with Gasteiger partial charge in [-0.1, -0.05) is 30.3 Å². The van der Waals surface area contributed by atoms with Crippen LogP contribution in [0.1, 0.15) is 23.1 Å². The van der Waals surface area contributed by atoms with E-state index in [2.05, 4.69) is 16.4 Å². The number of pyridine rings is 1. The Morgan fingerprint density at radius 2 is 2.18 bits per heavy atom. The van der Waals surface area contributed by atoms with Crippen molar-refractivity contribution in [2.45, 2.75) is 19.4 Å². The minimum Gasteiger partial charge on any atom is -0.458 e. The zero-order valence-electron chi connectivity index (χ0n) is 12.3. The van der Waals surface area contributed by atoms with Crippen LogP contribution in [0.2, 0.25) is 0 Å². The molecule has 1 N–H and O–H groups in total. The number of anilines is 1. The molecule has 0 unspecified atom stereocenters. The van der Waals surface area contributed by atoms with Crippen LogP contribution in [-0.2, 0) is 22.6 Å². The smallest absolute Gasteiger partial charge is 0.331 e. The molecule has 0 spiro atoms. The molecule has 1 aliphatic rings. The Morgan fingerprint density at radius 3 is 3.05 bits per heavy atom. The summed E-state index contributed by atoms with van der Waals surface area (Å²) in [5.74, 6) is 0.606. The number of carbonyl (C=O) groups is 1. The number of fused-ring (bicyclic) bond motifs is 1. The highest BCUT2D eigenvalue weighted by atomic mass is 16.5. The standard InChI is InChI=1S/C18H18N2O2/c21-17(22-13-14-5-2-1-3-6-14)9-8-15-11-16-7-4-10-19-18(16)20-12-15/h1-3,5-6,8-9,11-12H,4,7,10,13H2,(H,19,20)/b9-8+. The molecule has 0 fully saturated rings. The zero-order valence-corrected chi connectivity index (χ0v) is 12.3. The summed E-state index contributed by atoms with van der Waals surface area (Å²) in [4.78, 5) is 16.1. The molecule has 0 saturated carbocycles. The fourth-order valence-corrected chi connectivity index (χ4v) is 2.40. The molecule has 22 heavy (non-hydrogen) atoms. The van der Waals surface area contributed by atoms with E-state index in [9.17, 15) is 4.79 Å². The quantitative estimate of drug-likeness (QED) is 0.695. The second-order valence-electron chi connectivity index (χ2n) is 5.23. The maximum Gasteiger partial charge on any atom is 0.331 e. The maximum atomic E-state index is 11.7. The summed E-state index contributed by atoms with van der Waals surface area (Å²) in [6.45, 7) is 1.26. The van der Waals surface area contributed by atoms with Crippen LogP contribution in [0, 0.1) is 0 Å². The number of hydrogen-bond acceptors (Lipinski definition) is 4. The first-order valence-electron chi connectivity index (χ1n) is 7.43. The monoisotopic (exact) mass is 294 g/mol. The Balaban J connectivity index is 1.58. The van der Waals surface area contributed by atoms with E-state index in [-0.39, 0.29) is 12.6 Å². The minimum absolute atomic E-state index is 0.288. The average molecular weight is 294 g/mol. The van der Waals surface area contributed by atoms with E-state index in [1.807, 2.05) is 30.3 Å². The van der Waals surface area contributed by atoms with Crippen molar-refractivity contribution in [3.63, 3.8) is 0 Å². The van der Waals surface area contributed by atoms with Gasteiger partial charge in [-0.25, -0.2) is 9.78 Å². The van der Waals surface area contributed by atoms with Crippen molar-refractivity contribution in [3.05, 3.63) is 65.4 Å². The zero-order chi connectivity index (χ0) is 15.2. The number of rotatable bonds is 4. The Labute approximate surface area is 129 Å². The van der Waals surface area contributed by atoms with E-state index in [4.69, 9.17) is 4.74 Å². The van der Waals surface area contributed by atoms with Gasteiger partial charge in [0, 0.05) is 18.8 Å². The number of benzene rings is 1. The number of nitrogens with one attached hydrogen (secondary N) is 1. The van der Waals surface area contributed by atoms with Crippen LogP contribution in [-0.4, -0.2) is 17.5 Å². The first kappa shape index (κ1) is 14.3. The van der Waals surface area contributed by atoms with Crippen LogP contribution < -0.4 is 5.32 Å². The Bertz CT molecular complexity index is 681. The lowest BCUT2D eigenvalue weighted by Crippen LogP contribution is -2.13. The molecule has 112 valence electrons. The van der Waals surface area contributed by atoms with Crippen molar-refractivity contribution in [2.24, 2.45) is 0 Å². The number of nitrogens with zero attached hydrogens (tertiary/aromatic N) is 1. The lowest BCUT2D eigenvalue weighted by molar-refractivity contribution is -0.138. The third kappa shape index (κ3) is 3.73. The summed E-state index contributed by atoms with van der Waals surface area (Å²) in [5, 5.41) is 3.27. The van der Waals surface area contributed by atoms with Gasteiger partial charge in [-0.2, -0.15) is 0 Å². The number of carbonyl (C=O) groups excluding carboxylic acids is 1. The van der Waals surface area contributed by atoms with Crippen LogP contribution in [0.15, 0.2) is 48.7 Å². The van der Waals surface area contributed by atoms with E-state index >= 15 is 0 Å². The van der Waals surface area contributed by atoms with E-state index < -0.39 is 0 Å². The van der Waals surface area contributed by atoms with Gasteiger partial charge in [0.1, 0.15) is 12.4 Å². The molecular formula is C18H18N2O2. The predicted molar refractivity (Wildman–Crippen MR) is 86.3 cm³/mol. The second-order valence-corrected chi connectivity index (χ2v) is 5.23. The van der Waals surface area contributed by atoms with Crippen LogP contribution in [0.3, 0.4) is 0 Å². The van der Waals surface area contributed by atoms with Gasteiger partial charge in [-0.15, -0.1) is 0 Å². The van der Waals surface area contributed by atoms with E-state index in [1.54, 1.807) is 12.3 Å². The lowest BCUT2D eigenvalue weighted by Gasteiger charge is -2.16. The molecule has 4 heteroatoms. The molecule has 0 amide bonds. The van der Waals surface area contributed by atoms with Crippen molar-refractivity contribution in [1.82, 2.24) is 4.98 Å². The molecule has 2 heterocycles. The van der Waals surface area contributed by atoms with Gasteiger partial charge in [0.15, 0.2) is 0 Å². The van der Waals surface area contributed by atoms with Crippen molar-refractivity contribution >= 4 is 17.9 Å². The Kier molecular flexibility index (Phi) is 4.49. The molecular weight excluding hydrogens is 276 g/mol. The van der Waals surface area contributed by atoms with Crippen LogP contribution in [0.4, 0.5) is 5.82 Å². The average Bonchev–Trinajstić information content (AvgIpc) is 2.59. The van der Waals surface area contributed by atoms with Crippen LogP contribution in [0.5, 0.6) is 0 Å². The Hall–Kier alpha value is -2.62. The SMILES string of the molecule is O=C(/C=C/c1cnc2c(c1)CCCN2)OCc1ccccc1. The third-order valence-electron chi connectivity index (χ3n) is 3.54. The third-order valence-corrected chi connectivity index (χ3v) is 3.54. The highest BCUT2D eigenvalue weighted by molar-refractivity contribution is 5.87. The minimum atomic E-state index is -0.348. The molecule has 0 saturated heterocycles. The highest BCUT2D eigenvalue weighted by Crippen LogP contribution is 2.20. The topological polar surface area (TPSA) is 51.2 Å². The lowest BCUT2D eigenvalue weighted by atomic mass is 10.1. The summed E-state index contributed by atoms with van der Waals surface area (Å²) in [6.07, 6.45) is 7.09. The molecule has 1 aromatic carbocycles. The summed E-state index contributed by atoms with van der Waals surface area (Å²) in [5.41, 5.74) is 3.09. The molecule has 3 rings (SSSR count). The number of aryl methyl sites for hydroxylation is 1. The Morgan fingerprint density at radius 1 is 1.32 bits per heavy atom. The van der Waals surface area contributed by atoms with E-state index in [0.29, 0.717) is 0 Å². The van der Waals surface area contributed by atoms with Gasteiger partial charge < -0.3 is 10.1 Å². The maximum absolute atomic E-state index is 11.7. The summed E-state index contributed by atoms with van der Waals surface area (Å²) in [6, 6.07) is 11.7. The molecule has 1 aromatic heterocycles. The molecule has 0 aliphatic carbocycles. The van der Waals surface area contributed by atoms with Crippen LogP contribution >= 0.6 is 0 Å². The fraction of sp³-hybridized carbons (Fsp3) is 0.222. The van der Waals surface area contributed by atoms with Crippen molar-refractivity contribution < 1.29 is 9.53 Å². The van der Waals surface area contributed by atoms with Gasteiger partial charge in [0.25, 0.3) is 0 Å². The molecule has 0 radical (unpaired) electrons. The summed E-state index contributed by atoms with van der Waals surface area (Å²) in [7, 11) is 0. The molecule has 0 bridgehead atoms. The molecule has 1 aliphatic heterocycles. The van der Waals surface area contributed by atoms with Crippen molar-refractivity contribution in [3.8, 4) is 0 Å². The van der Waals surface area contributed by atoms with Gasteiger partial charge in [-0.05, 0) is 41.7 Å². The second kappa shape index (κ2) is 6.89. The first-order chi connectivity index (χ1) is 10.8. The number of aromatic nitrogens is 1.